The number of para-hydroxylation sites is 1. The molecule has 3 aromatic rings. The van der Waals surface area contributed by atoms with Gasteiger partial charge in [-0.1, -0.05) is 30.0 Å². The zero-order valence-electron chi connectivity index (χ0n) is 18.4. The molecule has 11 heteroatoms. The fourth-order valence-electron chi connectivity index (χ4n) is 3.78. The van der Waals surface area contributed by atoms with E-state index in [1.54, 1.807) is 24.5 Å². The Labute approximate surface area is 197 Å². The summed E-state index contributed by atoms with van der Waals surface area (Å²) in [5, 5.41) is 4.13. The van der Waals surface area contributed by atoms with Gasteiger partial charge in [0.15, 0.2) is 10.9 Å². The number of thioether (sulfide) groups is 1. The number of fused-ring (bicyclic) bond motifs is 1. The largest absolute Gasteiger partial charge is 0.451 e. The molecule has 176 valence electrons. The van der Waals surface area contributed by atoms with Crippen LogP contribution in [0, 0.1) is 0 Å². The van der Waals surface area contributed by atoms with Crippen LogP contribution in [-0.2, 0) is 20.5 Å². The van der Waals surface area contributed by atoms with Crippen LogP contribution in [0.4, 0.5) is 0 Å². The second-order valence-electron chi connectivity index (χ2n) is 7.87. The van der Waals surface area contributed by atoms with Gasteiger partial charge < -0.3 is 14.5 Å². The first kappa shape index (κ1) is 23.7. The number of benzene rings is 1. The summed E-state index contributed by atoms with van der Waals surface area (Å²) >= 11 is 1.40. The normalized spacial score (nSPS) is 19.6. The van der Waals surface area contributed by atoms with Gasteiger partial charge in [-0.25, -0.2) is 18.4 Å². The van der Waals surface area contributed by atoms with Gasteiger partial charge in [0.2, 0.25) is 10.0 Å². The highest BCUT2D eigenvalue weighted by Crippen LogP contribution is 2.31. The minimum Gasteiger partial charge on any atom is -0.451 e. The van der Waals surface area contributed by atoms with Crippen molar-refractivity contribution >= 4 is 38.7 Å². The van der Waals surface area contributed by atoms with Gasteiger partial charge in [0, 0.05) is 48.7 Å². The third-order valence-corrected chi connectivity index (χ3v) is 7.92. The number of sulfonamides is 1. The van der Waals surface area contributed by atoms with Gasteiger partial charge >= 0.3 is 0 Å². The molecule has 2 unspecified atom stereocenters. The maximum Gasteiger partial charge on any atom is 0.287 e. The van der Waals surface area contributed by atoms with Gasteiger partial charge in [0.05, 0.1) is 18.0 Å². The van der Waals surface area contributed by atoms with Crippen molar-refractivity contribution in [2.24, 2.45) is 0 Å². The maximum absolute atomic E-state index is 12.9. The topological polar surface area (TPSA) is 115 Å². The van der Waals surface area contributed by atoms with Crippen LogP contribution in [0.1, 0.15) is 30.0 Å². The minimum atomic E-state index is -3.52. The third kappa shape index (κ3) is 5.72. The van der Waals surface area contributed by atoms with Gasteiger partial charge in [-0.15, -0.1) is 0 Å². The maximum atomic E-state index is 12.9. The lowest BCUT2D eigenvalue weighted by molar-refractivity contribution is -0.0440. The number of hydrogen-bond acceptors (Lipinski definition) is 8. The van der Waals surface area contributed by atoms with Gasteiger partial charge in [0.25, 0.3) is 5.91 Å². The molecule has 1 saturated heterocycles. The highest BCUT2D eigenvalue weighted by molar-refractivity contribution is 7.98. The summed E-state index contributed by atoms with van der Waals surface area (Å²) < 4.78 is 38.4. The Morgan fingerprint density at radius 1 is 1.15 bits per heavy atom. The zero-order valence-corrected chi connectivity index (χ0v) is 20.1. The summed E-state index contributed by atoms with van der Waals surface area (Å²) in [7, 11) is -3.52. The van der Waals surface area contributed by atoms with E-state index in [9.17, 15) is 13.2 Å². The van der Waals surface area contributed by atoms with Crippen molar-refractivity contribution in [3.63, 3.8) is 0 Å². The molecule has 1 aliphatic rings. The van der Waals surface area contributed by atoms with Crippen molar-refractivity contribution in [3.05, 3.63) is 54.0 Å². The molecule has 4 rings (SSSR count). The molecule has 1 amide bonds. The van der Waals surface area contributed by atoms with Crippen LogP contribution < -0.4 is 5.32 Å². The molecule has 1 aromatic carbocycles. The standard InChI is InChI=1S/C22H26N4O5S2/c1-15-12-26(13-16(2)30-15)33(28,29)11-10-23-21(27)20-18(14-32-22-24-8-5-9-25-22)17-6-3-4-7-19(17)31-20/h3-9,15-16H,10-14H2,1-2H3,(H,23,27). The molecule has 9 nitrogen and oxygen atoms in total. The second kappa shape index (κ2) is 10.2. The zero-order chi connectivity index (χ0) is 23.4. The highest BCUT2D eigenvalue weighted by Gasteiger charge is 2.31. The molecule has 33 heavy (non-hydrogen) atoms. The number of hydrogen-bond donors (Lipinski definition) is 1. The lowest BCUT2D eigenvalue weighted by Gasteiger charge is -2.34. The number of ether oxygens (including phenoxy) is 1. The van der Waals surface area contributed by atoms with Crippen LogP contribution in [0.3, 0.4) is 0 Å². The summed E-state index contributed by atoms with van der Waals surface area (Å²) in [5.41, 5.74) is 1.32. The van der Waals surface area contributed by atoms with E-state index in [1.807, 2.05) is 32.0 Å². The third-order valence-electron chi connectivity index (χ3n) is 5.22. The summed E-state index contributed by atoms with van der Waals surface area (Å²) in [6.45, 7) is 4.30. The number of carbonyl (C=O) groups excluding carboxylic acids is 1. The first-order valence-electron chi connectivity index (χ1n) is 10.6. The van der Waals surface area contributed by atoms with Crippen molar-refractivity contribution in [2.45, 2.75) is 37.0 Å². The minimum absolute atomic E-state index is 0.0211. The predicted molar refractivity (Wildman–Crippen MR) is 126 cm³/mol. The van der Waals surface area contributed by atoms with Crippen molar-refractivity contribution in [2.75, 3.05) is 25.4 Å². The van der Waals surface area contributed by atoms with Crippen LogP contribution in [0.5, 0.6) is 0 Å². The number of amides is 1. The number of nitrogens with one attached hydrogen (secondary N) is 1. The van der Waals surface area contributed by atoms with Crippen molar-refractivity contribution < 1.29 is 22.4 Å². The molecule has 2 atom stereocenters. The molecule has 0 aliphatic carbocycles. The van der Waals surface area contributed by atoms with E-state index < -0.39 is 15.9 Å². The van der Waals surface area contributed by atoms with Crippen LogP contribution in [-0.4, -0.2) is 66.2 Å². The van der Waals surface area contributed by atoms with Gasteiger partial charge in [-0.2, -0.15) is 4.31 Å². The summed E-state index contributed by atoms with van der Waals surface area (Å²) in [6.07, 6.45) is 2.99. The van der Waals surface area contributed by atoms with Crippen molar-refractivity contribution in [3.8, 4) is 0 Å². The van der Waals surface area contributed by atoms with E-state index in [0.717, 1.165) is 10.9 Å². The molecular formula is C22H26N4O5S2. The van der Waals surface area contributed by atoms with E-state index in [2.05, 4.69) is 15.3 Å². The van der Waals surface area contributed by atoms with E-state index in [4.69, 9.17) is 9.15 Å². The Morgan fingerprint density at radius 3 is 2.58 bits per heavy atom. The van der Waals surface area contributed by atoms with E-state index >= 15 is 0 Å². The molecular weight excluding hydrogens is 464 g/mol. The van der Waals surface area contributed by atoms with E-state index in [-0.39, 0.29) is 30.3 Å². The molecule has 1 fully saturated rings. The quantitative estimate of drug-likeness (QED) is 0.379. The van der Waals surface area contributed by atoms with E-state index in [1.165, 1.54) is 16.1 Å². The number of nitrogens with zero attached hydrogens (tertiary/aromatic N) is 3. The Kier molecular flexibility index (Phi) is 7.32. The number of aromatic nitrogens is 2. The van der Waals surface area contributed by atoms with Crippen LogP contribution in [0.15, 0.2) is 52.3 Å². The van der Waals surface area contributed by atoms with E-state index in [0.29, 0.717) is 29.6 Å². The molecule has 3 heterocycles. The fraction of sp³-hybridized carbons (Fsp3) is 0.409. The number of morpholine rings is 1. The smallest absolute Gasteiger partial charge is 0.287 e. The average molecular weight is 491 g/mol. The lowest BCUT2D eigenvalue weighted by Crippen LogP contribution is -2.49. The Bertz CT molecular complexity index is 1210. The molecule has 0 radical (unpaired) electrons. The summed E-state index contributed by atoms with van der Waals surface area (Å²) in [4.78, 5) is 21.3. The second-order valence-corrected chi connectivity index (χ2v) is 10.9. The Balaban J connectivity index is 1.44. The van der Waals surface area contributed by atoms with Crippen LogP contribution >= 0.6 is 11.8 Å². The first-order valence-corrected chi connectivity index (χ1v) is 13.2. The van der Waals surface area contributed by atoms with Crippen molar-refractivity contribution in [1.82, 2.24) is 19.6 Å². The monoisotopic (exact) mass is 490 g/mol. The van der Waals surface area contributed by atoms with Gasteiger partial charge in [0.1, 0.15) is 5.58 Å². The highest BCUT2D eigenvalue weighted by atomic mass is 32.2. The van der Waals surface area contributed by atoms with Gasteiger partial charge in [-0.3, -0.25) is 4.79 Å². The number of furan rings is 1. The fourth-order valence-corrected chi connectivity index (χ4v) is 6.11. The van der Waals surface area contributed by atoms with Crippen LogP contribution in [0.2, 0.25) is 0 Å². The molecule has 1 N–H and O–H groups in total. The van der Waals surface area contributed by atoms with Crippen molar-refractivity contribution in [1.29, 1.82) is 0 Å². The molecule has 0 saturated carbocycles. The molecule has 2 aromatic heterocycles. The number of rotatable bonds is 8. The molecule has 1 aliphatic heterocycles. The number of carbonyl (C=O) groups is 1. The van der Waals surface area contributed by atoms with Crippen LogP contribution in [0.25, 0.3) is 11.0 Å². The summed E-state index contributed by atoms with van der Waals surface area (Å²) in [5.74, 6) is -0.0354. The Hall–Kier alpha value is -2.47. The predicted octanol–water partition coefficient (Wildman–Crippen LogP) is 2.68. The lowest BCUT2D eigenvalue weighted by atomic mass is 10.1. The Morgan fingerprint density at radius 2 is 1.85 bits per heavy atom. The summed E-state index contributed by atoms with van der Waals surface area (Å²) in [6, 6.07) is 9.14. The average Bonchev–Trinajstić information content (AvgIpc) is 3.16. The SMILES string of the molecule is CC1CN(S(=O)(=O)CCNC(=O)c2oc3ccccc3c2CSc2ncccn2)CC(C)O1. The molecule has 0 bridgehead atoms. The molecule has 0 spiro atoms. The first-order chi connectivity index (χ1) is 15.8. The van der Waals surface area contributed by atoms with Gasteiger partial charge in [-0.05, 0) is 26.0 Å².